The Hall–Kier alpha value is -1.23. The fraction of sp³-hybridized carbons (Fsp3) is 0. The van der Waals surface area contributed by atoms with E-state index in [1.165, 1.54) is 6.07 Å². The largest absolute Gasteiger partial charge is 0.276 e. The molecule has 21 heavy (non-hydrogen) atoms. The van der Waals surface area contributed by atoms with Crippen molar-refractivity contribution >= 4 is 60.3 Å². The summed E-state index contributed by atoms with van der Waals surface area (Å²) >= 11 is 9.65. The number of nitrogens with one attached hydrogen (secondary N) is 1. The summed E-state index contributed by atoms with van der Waals surface area (Å²) in [7, 11) is -4.09. The predicted molar refractivity (Wildman–Crippen MR) is 80.9 cm³/mol. The average molecular weight is 416 g/mol. The van der Waals surface area contributed by atoms with Crippen LogP contribution in [-0.4, -0.2) is 13.3 Å². The summed E-state index contributed by atoms with van der Waals surface area (Å²) in [6.45, 7) is 0. The summed E-state index contributed by atoms with van der Waals surface area (Å²) in [4.78, 5) is 9.88. The minimum absolute atomic E-state index is 0.148. The molecule has 2 rings (SSSR count). The molecule has 0 saturated heterocycles. The van der Waals surface area contributed by atoms with E-state index in [1.54, 1.807) is 0 Å². The molecular formula is C10H5BrClFN2O4S2. The van der Waals surface area contributed by atoms with E-state index in [0.717, 1.165) is 29.5 Å². The lowest BCUT2D eigenvalue weighted by Gasteiger charge is -2.07. The zero-order valence-corrected chi connectivity index (χ0v) is 13.8. The molecule has 112 valence electrons. The van der Waals surface area contributed by atoms with Crippen molar-refractivity contribution in [2.45, 2.75) is 4.21 Å². The van der Waals surface area contributed by atoms with E-state index in [-0.39, 0.29) is 9.23 Å². The van der Waals surface area contributed by atoms with Crippen LogP contribution in [0.15, 0.2) is 32.3 Å². The average Bonchev–Trinajstić information content (AvgIpc) is 2.73. The highest BCUT2D eigenvalue weighted by atomic mass is 79.9. The maximum absolute atomic E-state index is 13.6. The standard InChI is InChI=1S/C10H5BrClFN2O4S2/c11-10-6(12)4-9(20-10)21(18,19)14-8-3-5(15(16)17)1-2-7(8)13/h1-4,14H. The highest BCUT2D eigenvalue weighted by Gasteiger charge is 2.22. The predicted octanol–water partition coefficient (Wildman–Crippen LogP) is 4.01. The van der Waals surface area contributed by atoms with Gasteiger partial charge in [0.05, 0.1) is 19.4 Å². The van der Waals surface area contributed by atoms with Crippen molar-refractivity contribution in [3.8, 4) is 0 Å². The second-order valence-electron chi connectivity index (χ2n) is 3.71. The number of non-ortho nitro benzene ring substituents is 1. The zero-order valence-electron chi connectivity index (χ0n) is 9.84. The van der Waals surface area contributed by atoms with Crippen molar-refractivity contribution < 1.29 is 17.7 Å². The first-order valence-corrected chi connectivity index (χ1v) is 8.59. The quantitative estimate of drug-likeness (QED) is 0.603. The molecule has 1 heterocycles. The lowest BCUT2D eigenvalue weighted by atomic mass is 10.3. The Bertz CT molecular complexity index is 805. The summed E-state index contributed by atoms with van der Waals surface area (Å²) in [5.74, 6) is -0.925. The molecule has 0 saturated carbocycles. The molecule has 0 aliphatic rings. The second-order valence-corrected chi connectivity index (χ2v) is 8.40. The number of thiophene rings is 1. The number of hydrogen-bond acceptors (Lipinski definition) is 5. The molecule has 1 aromatic carbocycles. The minimum atomic E-state index is -4.09. The highest BCUT2D eigenvalue weighted by Crippen LogP contribution is 2.35. The molecule has 0 aliphatic heterocycles. The van der Waals surface area contributed by atoms with E-state index in [4.69, 9.17) is 11.6 Å². The van der Waals surface area contributed by atoms with Crippen LogP contribution in [0.4, 0.5) is 15.8 Å². The maximum atomic E-state index is 13.6. The summed E-state index contributed by atoms with van der Waals surface area (Å²) in [5, 5.41) is 10.8. The fourth-order valence-electron chi connectivity index (χ4n) is 1.36. The van der Waals surface area contributed by atoms with Gasteiger partial charge in [-0.2, -0.15) is 0 Å². The van der Waals surface area contributed by atoms with Gasteiger partial charge in [0, 0.05) is 12.1 Å². The maximum Gasteiger partial charge on any atom is 0.271 e. The van der Waals surface area contributed by atoms with Crippen LogP contribution in [0.2, 0.25) is 5.02 Å². The van der Waals surface area contributed by atoms with Crippen molar-refractivity contribution in [2.75, 3.05) is 4.72 Å². The van der Waals surface area contributed by atoms with Crippen molar-refractivity contribution in [1.82, 2.24) is 0 Å². The first kappa shape index (κ1) is 16.1. The summed E-state index contributed by atoms with van der Waals surface area (Å²) in [5.41, 5.74) is -0.940. The van der Waals surface area contributed by atoms with Gasteiger partial charge < -0.3 is 0 Å². The SMILES string of the molecule is O=[N+]([O-])c1ccc(F)c(NS(=O)(=O)c2cc(Cl)c(Br)s2)c1. The number of anilines is 1. The molecule has 11 heteroatoms. The molecule has 0 radical (unpaired) electrons. The smallest absolute Gasteiger partial charge is 0.271 e. The van der Waals surface area contributed by atoms with Gasteiger partial charge in [-0.15, -0.1) is 11.3 Å². The van der Waals surface area contributed by atoms with Gasteiger partial charge in [0.2, 0.25) is 0 Å². The van der Waals surface area contributed by atoms with E-state index in [9.17, 15) is 22.9 Å². The van der Waals surface area contributed by atoms with Crippen LogP contribution in [0.25, 0.3) is 0 Å². The molecular weight excluding hydrogens is 411 g/mol. The number of benzene rings is 1. The Morgan fingerprint density at radius 2 is 2.05 bits per heavy atom. The molecule has 2 aromatic rings. The molecule has 1 N–H and O–H groups in total. The zero-order chi connectivity index (χ0) is 15.8. The van der Waals surface area contributed by atoms with Crippen LogP contribution in [-0.2, 0) is 10.0 Å². The van der Waals surface area contributed by atoms with Crippen molar-refractivity contribution in [3.63, 3.8) is 0 Å². The van der Waals surface area contributed by atoms with Gasteiger partial charge >= 0.3 is 0 Å². The third-order valence-electron chi connectivity index (χ3n) is 2.29. The number of nitro groups is 1. The number of hydrogen-bond donors (Lipinski definition) is 1. The third-order valence-corrected chi connectivity index (χ3v) is 6.61. The Balaban J connectivity index is 2.41. The van der Waals surface area contributed by atoms with Crippen LogP contribution in [0.1, 0.15) is 0 Å². The van der Waals surface area contributed by atoms with Crippen molar-refractivity contribution in [3.05, 3.63) is 49.0 Å². The number of nitrogens with zero attached hydrogens (tertiary/aromatic N) is 1. The van der Waals surface area contributed by atoms with Crippen LogP contribution in [0, 0.1) is 15.9 Å². The third kappa shape index (κ3) is 3.51. The number of halogens is 3. The monoisotopic (exact) mass is 414 g/mol. The molecule has 0 unspecified atom stereocenters. The van der Waals surface area contributed by atoms with E-state index in [0.29, 0.717) is 3.79 Å². The van der Waals surface area contributed by atoms with E-state index in [1.807, 2.05) is 4.72 Å². The van der Waals surface area contributed by atoms with E-state index >= 15 is 0 Å². The first-order chi connectivity index (χ1) is 9.70. The van der Waals surface area contributed by atoms with Gasteiger partial charge in [0.25, 0.3) is 15.7 Å². The molecule has 1 aromatic heterocycles. The fourth-order valence-corrected chi connectivity index (χ4v) is 4.82. The number of rotatable bonds is 4. The second kappa shape index (κ2) is 5.87. The van der Waals surface area contributed by atoms with Crippen molar-refractivity contribution in [2.24, 2.45) is 0 Å². The van der Waals surface area contributed by atoms with Gasteiger partial charge in [-0.25, -0.2) is 12.8 Å². The molecule has 0 spiro atoms. The van der Waals surface area contributed by atoms with Gasteiger partial charge in [0.1, 0.15) is 10.0 Å². The number of sulfonamides is 1. The molecule has 0 amide bonds. The van der Waals surface area contributed by atoms with Crippen LogP contribution in [0.3, 0.4) is 0 Å². The first-order valence-electron chi connectivity index (χ1n) is 5.12. The number of nitro benzene ring substituents is 1. The highest BCUT2D eigenvalue weighted by molar-refractivity contribution is 9.11. The summed E-state index contributed by atoms with van der Waals surface area (Å²) < 4.78 is 40.0. The lowest BCUT2D eigenvalue weighted by molar-refractivity contribution is -0.384. The minimum Gasteiger partial charge on any atom is -0.276 e. The molecule has 0 aliphatic carbocycles. The van der Waals surface area contributed by atoms with Crippen molar-refractivity contribution in [1.29, 1.82) is 0 Å². The van der Waals surface area contributed by atoms with Crippen LogP contribution < -0.4 is 4.72 Å². The Morgan fingerprint density at radius 3 is 2.57 bits per heavy atom. The molecule has 0 atom stereocenters. The summed E-state index contributed by atoms with van der Waals surface area (Å²) in [6, 6.07) is 3.74. The molecule has 6 nitrogen and oxygen atoms in total. The van der Waals surface area contributed by atoms with E-state index < -0.39 is 32.1 Å². The van der Waals surface area contributed by atoms with Gasteiger partial charge in [-0.1, -0.05) is 11.6 Å². The van der Waals surface area contributed by atoms with Crippen LogP contribution >= 0.6 is 38.9 Å². The van der Waals surface area contributed by atoms with Gasteiger partial charge in [-0.3, -0.25) is 14.8 Å². The van der Waals surface area contributed by atoms with Gasteiger partial charge in [0.15, 0.2) is 0 Å². The van der Waals surface area contributed by atoms with E-state index in [2.05, 4.69) is 15.9 Å². The topological polar surface area (TPSA) is 89.3 Å². The van der Waals surface area contributed by atoms with Crippen LogP contribution in [0.5, 0.6) is 0 Å². The normalized spacial score (nSPS) is 11.4. The summed E-state index contributed by atoms with van der Waals surface area (Å²) in [6.07, 6.45) is 0. The Labute approximate surface area is 135 Å². The lowest BCUT2D eigenvalue weighted by Crippen LogP contribution is -2.12. The van der Waals surface area contributed by atoms with Gasteiger partial charge in [-0.05, 0) is 28.1 Å². The molecule has 0 bridgehead atoms. The Kier molecular flexibility index (Phi) is 4.51. The Morgan fingerprint density at radius 1 is 1.38 bits per heavy atom. The molecule has 0 fully saturated rings.